The Bertz CT molecular complexity index is 430. The number of halogens is 2. The van der Waals surface area contributed by atoms with Crippen LogP contribution in [-0.4, -0.2) is 16.4 Å². The van der Waals surface area contributed by atoms with Crippen molar-refractivity contribution in [3.05, 3.63) is 11.1 Å². The van der Waals surface area contributed by atoms with Gasteiger partial charge in [-0.25, -0.2) is 0 Å². The van der Waals surface area contributed by atoms with Gasteiger partial charge in [-0.15, -0.1) is 0 Å². The summed E-state index contributed by atoms with van der Waals surface area (Å²) < 4.78 is 0. The Morgan fingerprint density at radius 3 is 2.43 bits per heavy atom. The van der Waals surface area contributed by atoms with Crippen molar-refractivity contribution in [3.63, 3.8) is 0 Å². The van der Waals surface area contributed by atoms with E-state index in [1.165, 1.54) is 12.1 Å². The van der Waals surface area contributed by atoms with Crippen LogP contribution >= 0.6 is 23.2 Å². The van der Waals surface area contributed by atoms with E-state index in [1.807, 2.05) is 0 Å². The molecule has 0 aromatic heterocycles. The fourth-order valence-corrected chi connectivity index (χ4v) is 1.61. The standard InChI is InChI=1S/C8H2Cl2N2O2/c9-5-1-6(13)4(2-11)8(10,3-12)7(5)14/h1,4H. The Balaban J connectivity index is 3.39. The molecule has 6 heteroatoms. The summed E-state index contributed by atoms with van der Waals surface area (Å²) in [6, 6.07) is 2.96. The quantitative estimate of drug-likeness (QED) is 0.577. The molecule has 0 aromatic carbocycles. The van der Waals surface area contributed by atoms with Crippen molar-refractivity contribution in [1.82, 2.24) is 0 Å². The zero-order valence-electron chi connectivity index (χ0n) is 6.62. The number of rotatable bonds is 0. The summed E-state index contributed by atoms with van der Waals surface area (Å²) in [5.41, 5.74) is 0. The lowest BCUT2D eigenvalue weighted by Crippen LogP contribution is -2.45. The Morgan fingerprint density at radius 2 is 2.00 bits per heavy atom. The van der Waals surface area contributed by atoms with Crippen LogP contribution < -0.4 is 0 Å². The average molecular weight is 229 g/mol. The first-order valence-electron chi connectivity index (χ1n) is 3.43. The normalized spacial score (nSPS) is 31.7. The van der Waals surface area contributed by atoms with E-state index in [9.17, 15) is 9.59 Å². The van der Waals surface area contributed by atoms with Crippen LogP contribution in [0.5, 0.6) is 0 Å². The molecule has 0 saturated carbocycles. The lowest BCUT2D eigenvalue weighted by Gasteiger charge is -2.24. The lowest BCUT2D eigenvalue weighted by molar-refractivity contribution is -0.124. The van der Waals surface area contributed by atoms with E-state index in [4.69, 9.17) is 33.7 Å². The van der Waals surface area contributed by atoms with Crippen molar-refractivity contribution >= 4 is 34.8 Å². The first-order valence-corrected chi connectivity index (χ1v) is 4.18. The van der Waals surface area contributed by atoms with Crippen LogP contribution in [0.2, 0.25) is 0 Å². The van der Waals surface area contributed by atoms with Gasteiger partial charge in [0.15, 0.2) is 5.78 Å². The summed E-state index contributed by atoms with van der Waals surface area (Å²) in [5, 5.41) is 16.8. The molecule has 1 aliphatic rings. The number of ketones is 2. The van der Waals surface area contributed by atoms with E-state index in [0.29, 0.717) is 0 Å². The predicted molar refractivity (Wildman–Crippen MR) is 47.3 cm³/mol. The number of nitriles is 2. The second kappa shape index (κ2) is 3.42. The van der Waals surface area contributed by atoms with Gasteiger partial charge < -0.3 is 0 Å². The minimum absolute atomic E-state index is 0.418. The smallest absolute Gasteiger partial charge is 0.217 e. The Hall–Kier alpha value is -1.36. The van der Waals surface area contributed by atoms with Gasteiger partial charge in [-0.05, 0) is 0 Å². The lowest BCUT2D eigenvalue weighted by atomic mass is 9.82. The van der Waals surface area contributed by atoms with Gasteiger partial charge in [-0.3, -0.25) is 9.59 Å². The molecule has 0 radical (unpaired) electrons. The van der Waals surface area contributed by atoms with Crippen LogP contribution in [0.4, 0.5) is 0 Å². The summed E-state index contributed by atoms with van der Waals surface area (Å²) in [4.78, 5) is 20.3. The van der Waals surface area contributed by atoms with Crippen LogP contribution in [0.1, 0.15) is 0 Å². The van der Waals surface area contributed by atoms with Gasteiger partial charge in [-0.2, -0.15) is 10.5 Å². The van der Waals surface area contributed by atoms with E-state index in [-0.39, 0.29) is 0 Å². The largest absolute Gasteiger partial charge is 0.293 e. The number of alkyl halides is 1. The average Bonchev–Trinajstić information content (AvgIpc) is 2.15. The van der Waals surface area contributed by atoms with Crippen molar-refractivity contribution in [3.8, 4) is 12.1 Å². The van der Waals surface area contributed by atoms with Crippen LogP contribution in [0.15, 0.2) is 11.1 Å². The second-order valence-corrected chi connectivity index (χ2v) is 3.61. The summed E-state index contributed by atoms with van der Waals surface area (Å²) in [7, 11) is 0. The van der Waals surface area contributed by atoms with Gasteiger partial charge in [0.2, 0.25) is 10.7 Å². The fraction of sp³-hybridized carbons (Fsp3) is 0.250. The molecule has 0 N–H and O–H groups in total. The number of carbonyl (C=O) groups excluding carboxylic acids is 2. The molecule has 14 heavy (non-hydrogen) atoms. The molecule has 70 valence electrons. The molecule has 0 aliphatic heterocycles. The molecule has 1 rings (SSSR count). The maximum Gasteiger partial charge on any atom is 0.217 e. The molecule has 4 nitrogen and oxygen atoms in total. The third-order valence-electron chi connectivity index (χ3n) is 1.79. The molecule has 0 saturated heterocycles. The maximum absolute atomic E-state index is 11.3. The van der Waals surface area contributed by atoms with Crippen molar-refractivity contribution in [2.45, 2.75) is 4.87 Å². The molecule has 0 fully saturated rings. The minimum atomic E-state index is -2.18. The Morgan fingerprint density at radius 1 is 1.43 bits per heavy atom. The first-order chi connectivity index (χ1) is 6.47. The molecule has 1 aliphatic carbocycles. The highest BCUT2D eigenvalue weighted by Crippen LogP contribution is 2.34. The Kier molecular flexibility index (Phi) is 2.62. The van der Waals surface area contributed by atoms with Gasteiger partial charge >= 0.3 is 0 Å². The highest BCUT2D eigenvalue weighted by atomic mass is 35.5. The van der Waals surface area contributed by atoms with Crippen LogP contribution in [0.25, 0.3) is 0 Å². The number of hydrogen-bond donors (Lipinski definition) is 0. The van der Waals surface area contributed by atoms with Gasteiger partial charge in [0, 0.05) is 6.08 Å². The monoisotopic (exact) mass is 228 g/mol. The van der Waals surface area contributed by atoms with Crippen molar-refractivity contribution in [2.75, 3.05) is 0 Å². The van der Waals surface area contributed by atoms with Crippen LogP contribution in [0, 0.1) is 28.6 Å². The minimum Gasteiger partial charge on any atom is -0.293 e. The molecule has 0 bridgehead atoms. The first kappa shape index (κ1) is 10.7. The molecule has 0 spiro atoms. The number of allylic oxidation sites excluding steroid dienone is 2. The number of hydrogen-bond acceptors (Lipinski definition) is 4. The third-order valence-corrected chi connectivity index (χ3v) is 2.55. The van der Waals surface area contributed by atoms with Gasteiger partial charge in [0.25, 0.3) is 0 Å². The van der Waals surface area contributed by atoms with E-state index in [1.54, 1.807) is 0 Å². The SMILES string of the molecule is N#CC1C(=O)C=C(Cl)C(=O)C1(Cl)C#N. The maximum atomic E-state index is 11.3. The van der Waals surface area contributed by atoms with E-state index in [0.717, 1.165) is 6.08 Å². The van der Waals surface area contributed by atoms with Crippen LogP contribution in [0.3, 0.4) is 0 Å². The molecular weight excluding hydrogens is 227 g/mol. The molecule has 0 heterocycles. The zero-order chi connectivity index (χ0) is 10.9. The van der Waals surface area contributed by atoms with E-state index < -0.39 is 27.4 Å². The molecule has 2 unspecified atom stereocenters. The van der Waals surface area contributed by atoms with Gasteiger partial charge in [0.1, 0.15) is 5.92 Å². The van der Waals surface area contributed by atoms with Crippen molar-refractivity contribution in [2.24, 2.45) is 5.92 Å². The molecule has 0 aromatic rings. The zero-order valence-corrected chi connectivity index (χ0v) is 8.13. The summed E-state index contributed by atoms with van der Waals surface area (Å²) in [6.07, 6.45) is 0.815. The van der Waals surface area contributed by atoms with E-state index >= 15 is 0 Å². The van der Waals surface area contributed by atoms with Crippen molar-refractivity contribution < 1.29 is 9.59 Å². The highest BCUT2D eigenvalue weighted by Gasteiger charge is 2.52. The van der Waals surface area contributed by atoms with E-state index in [2.05, 4.69) is 0 Å². The molecule has 0 amide bonds. The predicted octanol–water partition coefficient (Wildman–Crippen LogP) is 0.902. The van der Waals surface area contributed by atoms with Crippen molar-refractivity contribution in [1.29, 1.82) is 10.5 Å². The molecular formula is C8H2Cl2N2O2. The summed E-state index contributed by atoms with van der Waals surface area (Å²) in [6.45, 7) is 0. The third kappa shape index (κ3) is 1.29. The number of carbonyl (C=O) groups is 2. The number of nitrogens with zero attached hydrogens (tertiary/aromatic N) is 2. The topological polar surface area (TPSA) is 81.7 Å². The van der Waals surface area contributed by atoms with Gasteiger partial charge in [-0.1, -0.05) is 23.2 Å². The second-order valence-electron chi connectivity index (χ2n) is 2.61. The Labute approximate surface area is 89.3 Å². The van der Waals surface area contributed by atoms with Crippen LogP contribution in [-0.2, 0) is 9.59 Å². The number of Topliss-reactive ketones (excluding diaryl/α,β-unsaturated/α-hetero) is 1. The van der Waals surface area contributed by atoms with Gasteiger partial charge in [0.05, 0.1) is 17.2 Å². The highest BCUT2D eigenvalue weighted by molar-refractivity contribution is 6.54. The molecule has 2 atom stereocenters. The fourth-order valence-electron chi connectivity index (χ4n) is 1.04. The summed E-state index contributed by atoms with van der Waals surface area (Å²) >= 11 is 11.0. The summed E-state index contributed by atoms with van der Waals surface area (Å²) in [5.74, 6) is -3.13.